The third-order valence-electron chi connectivity index (χ3n) is 4.01. The van der Waals surface area contributed by atoms with Crippen molar-refractivity contribution < 1.29 is 37.3 Å². The van der Waals surface area contributed by atoms with Crippen LogP contribution in [0.1, 0.15) is 28.3 Å². The van der Waals surface area contributed by atoms with E-state index in [1.54, 1.807) is 0 Å². The van der Waals surface area contributed by atoms with Gasteiger partial charge in [-0.05, 0) is 31.2 Å². The Bertz CT molecular complexity index is 1080. The highest BCUT2D eigenvalue weighted by Gasteiger charge is 2.31. The molecule has 0 aliphatic rings. The Hall–Kier alpha value is -3.45. The minimum atomic E-state index is -4.81. The number of carbonyl (C=O) groups excluding carboxylic acids is 1. The first-order valence-corrected chi connectivity index (χ1v) is 9.74. The lowest BCUT2D eigenvalue weighted by Crippen LogP contribution is -2.16. The van der Waals surface area contributed by atoms with Crippen LogP contribution in [0, 0.1) is 0 Å². The molecule has 2 aromatic heterocycles. The number of halogens is 3. The van der Waals surface area contributed by atoms with Crippen molar-refractivity contribution in [3.63, 3.8) is 0 Å². The number of amides is 1. The summed E-state index contributed by atoms with van der Waals surface area (Å²) >= 11 is 1.000. The van der Waals surface area contributed by atoms with Crippen molar-refractivity contribution in [1.82, 2.24) is 15.0 Å². The van der Waals surface area contributed by atoms with Crippen LogP contribution in [0.15, 0.2) is 30.6 Å². The fraction of sp³-hybridized carbons (Fsp3) is 0.263. The largest absolute Gasteiger partial charge is 0.573 e. The van der Waals surface area contributed by atoms with Crippen molar-refractivity contribution in [3.8, 4) is 28.8 Å². The van der Waals surface area contributed by atoms with Gasteiger partial charge in [0.05, 0.1) is 30.9 Å². The lowest BCUT2D eigenvalue weighted by atomic mass is 10.1. The number of nitrogens with one attached hydrogen (secondary N) is 1. The normalized spacial score (nSPS) is 12.2. The summed E-state index contributed by atoms with van der Waals surface area (Å²) in [5.41, 5.74) is 0.661. The number of alkyl halides is 3. The number of rotatable bonds is 7. The van der Waals surface area contributed by atoms with Crippen LogP contribution in [0.5, 0.6) is 17.5 Å². The molecule has 0 radical (unpaired) electrons. The molecule has 2 N–H and O–H groups in total. The quantitative estimate of drug-likeness (QED) is 0.536. The van der Waals surface area contributed by atoms with Crippen LogP contribution in [0.25, 0.3) is 11.3 Å². The number of benzene rings is 1. The number of methoxy groups -OCH3 is 2. The molecule has 0 saturated heterocycles. The third kappa shape index (κ3) is 5.23. The molecule has 3 rings (SSSR count). The zero-order valence-corrected chi connectivity index (χ0v) is 17.7. The van der Waals surface area contributed by atoms with Crippen LogP contribution in [0.3, 0.4) is 0 Å². The monoisotopic (exact) mass is 470 g/mol. The van der Waals surface area contributed by atoms with E-state index in [9.17, 15) is 23.1 Å². The highest BCUT2D eigenvalue weighted by atomic mass is 32.1. The SMILES string of the molecule is COc1ncnc(OC)c1C(=O)Nc1nc(-c2ccc(OC(F)(F)F)cc2)c(C(C)O)s1. The lowest BCUT2D eigenvalue weighted by molar-refractivity contribution is -0.274. The summed E-state index contributed by atoms with van der Waals surface area (Å²) in [4.78, 5) is 25.3. The molecule has 170 valence electrons. The number of hydrogen-bond donors (Lipinski definition) is 2. The standard InChI is InChI=1S/C19H17F3N4O5S/c1-9(27)14-13(10-4-6-11(7-5-10)31-19(20,21)22)25-18(32-14)26-15(28)12-16(29-2)23-8-24-17(12)30-3/h4-9,27H,1-3H3,(H,25,26,28). The number of ether oxygens (including phenoxy) is 3. The van der Waals surface area contributed by atoms with E-state index in [-0.39, 0.29) is 22.5 Å². The Kier molecular flexibility index (Phi) is 6.79. The van der Waals surface area contributed by atoms with E-state index in [1.165, 1.54) is 39.6 Å². The molecule has 0 spiro atoms. The van der Waals surface area contributed by atoms with Crippen molar-refractivity contribution in [2.45, 2.75) is 19.4 Å². The average Bonchev–Trinajstić information content (AvgIpc) is 3.16. The average molecular weight is 470 g/mol. The summed E-state index contributed by atoms with van der Waals surface area (Å²) in [5, 5.41) is 12.8. The third-order valence-corrected chi connectivity index (χ3v) is 5.15. The Morgan fingerprint density at radius 3 is 2.22 bits per heavy atom. The predicted octanol–water partition coefficient (Wildman–Crippen LogP) is 3.82. The molecule has 0 bridgehead atoms. The van der Waals surface area contributed by atoms with Crippen molar-refractivity contribution in [2.24, 2.45) is 0 Å². The molecular formula is C19H17F3N4O5S. The maximum Gasteiger partial charge on any atom is 0.573 e. The number of thiazole rings is 1. The Labute approximate surface area is 183 Å². The molecule has 3 aromatic rings. The van der Waals surface area contributed by atoms with Gasteiger partial charge in [-0.15, -0.1) is 13.2 Å². The van der Waals surface area contributed by atoms with E-state index in [0.29, 0.717) is 16.1 Å². The molecule has 0 saturated carbocycles. The topological polar surface area (TPSA) is 116 Å². The summed E-state index contributed by atoms with van der Waals surface area (Å²) in [6.07, 6.45) is -4.59. The number of aliphatic hydroxyl groups excluding tert-OH is 1. The van der Waals surface area contributed by atoms with Gasteiger partial charge in [-0.2, -0.15) is 0 Å². The zero-order chi connectivity index (χ0) is 23.5. The maximum atomic E-state index is 12.8. The number of nitrogens with zero attached hydrogens (tertiary/aromatic N) is 3. The number of aromatic nitrogens is 3. The lowest BCUT2D eigenvalue weighted by Gasteiger charge is -2.09. The van der Waals surface area contributed by atoms with Crippen molar-refractivity contribution in [1.29, 1.82) is 0 Å². The molecule has 1 atom stereocenters. The van der Waals surface area contributed by atoms with Gasteiger partial charge in [0.1, 0.15) is 12.1 Å². The molecule has 0 aliphatic carbocycles. The van der Waals surface area contributed by atoms with E-state index in [0.717, 1.165) is 23.5 Å². The van der Waals surface area contributed by atoms with E-state index < -0.39 is 24.1 Å². The smallest absolute Gasteiger partial charge is 0.480 e. The second-order valence-corrected chi connectivity index (χ2v) is 7.23. The van der Waals surface area contributed by atoms with Gasteiger partial charge in [-0.3, -0.25) is 10.1 Å². The van der Waals surface area contributed by atoms with Crippen LogP contribution in [-0.4, -0.2) is 46.5 Å². The van der Waals surface area contributed by atoms with Crippen LogP contribution < -0.4 is 19.5 Å². The van der Waals surface area contributed by atoms with E-state index in [4.69, 9.17) is 9.47 Å². The highest BCUT2D eigenvalue weighted by Crippen LogP contribution is 2.37. The van der Waals surface area contributed by atoms with Gasteiger partial charge in [0, 0.05) is 5.56 Å². The Morgan fingerprint density at radius 1 is 1.12 bits per heavy atom. The summed E-state index contributed by atoms with van der Waals surface area (Å²) in [6.45, 7) is 1.50. The van der Waals surface area contributed by atoms with Crippen LogP contribution in [0.4, 0.5) is 18.3 Å². The first-order valence-electron chi connectivity index (χ1n) is 8.92. The molecule has 2 heterocycles. The first-order chi connectivity index (χ1) is 15.1. The van der Waals surface area contributed by atoms with Gasteiger partial charge >= 0.3 is 6.36 Å². The molecular weight excluding hydrogens is 453 g/mol. The van der Waals surface area contributed by atoms with Crippen molar-refractivity contribution in [3.05, 3.63) is 41.0 Å². The zero-order valence-electron chi connectivity index (χ0n) is 16.9. The molecule has 32 heavy (non-hydrogen) atoms. The summed E-state index contributed by atoms with van der Waals surface area (Å²) < 4.78 is 51.2. The van der Waals surface area contributed by atoms with Crippen molar-refractivity contribution >= 4 is 22.4 Å². The first kappa shape index (κ1) is 23.2. The molecule has 1 unspecified atom stereocenters. The molecule has 0 fully saturated rings. The fourth-order valence-corrected chi connectivity index (χ4v) is 3.63. The van der Waals surface area contributed by atoms with Crippen LogP contribution in [-0.2, 0) is 0 Å². The number of aliphatic hydroxyl groups is 1. The van der Waals surface area contributed by atoms with Gasteiger partial charge in [0.2, 0.25) is 11.8 Å². The number of anilines is 1. The minimum Gasteiger partial charge on any atom is -0.480 e. The minimum absolute atomic E-state index is 0.0119. The predicted molar refractivity (Wildman–Crippen MR) is 108 cm³/mol. The summed E-state index contributed by atoms with van der Waals surface area (Å²) in [7, 11) is 2.66. The van der Waals surface area contributed by atoms with Crippen LogP contribution >= 0.6 is 11.3 Å². The van der Waals surface area contributed by atoms with Gasteiger partial charge in [0.15, 0.2) is 10.7 Å². The number of hydrogen-bond acceptors (Lipinski definition) is 9. The number of carbonyl (C=O) groups is 1. The van der Waals surface area contributed by atoms with Gasteiger partial charge in [0.25, 0.3) is 5.91 Å². The molecule has 9 nitrogen and oxygen atoms in total. The maximum absolute atomic E-state index is 12.8. The molecule has 13 heteroatoms. The second-order valence-electron chi connectivity index (χ2n) is 6.20. The van der Waals surface area contributed by atoms with Crippen LogP contribution in [0.2, 0.25) is 0 Å². The van der Waals surface area contributed by atoms with Gasteiger partial charge in [-0.1, -0.05) is 11.3 Å². The van der Waals surface area contributed by atoms with E-state index >= 15 is 0 Å². The molecule has 1 aromatic carbocycles. The van der Waals surface area contributed by atoms with Crippen molar-refractivity contribution in [2.75, 3.05) is 19.5 Å². The van der Waals surface area contributed by atoms with E-state index in [2.05, 4.69) is 25.0 Å². The van der Waals surface area contributed by atoms with E-state index in [1.807, 2.05) is 0 Å². The summed E-state index contributed by atoms with van der Waals surface area (Å²) in [5.74, 6) is -1.08. The second kappa shape index (κ2) is 9.36. The summed E-state index contributed by atoms with van der Waals surface area (Å²) in [6, 6.07) is 4.99. The van der Waals surface area contributed by atoms with Gasteiger partial charge < -0.3 is 19.3 Å². The Morgan fingerprint density at radius 2 is 1.72 bits per heavy atom. The Balaban J connectivity index is 1.91. The highest BCUT2D eigenvalue weighted by molar-refractivity contribution is 7.16. The van der Waals surface area contributed by atoms with Gasteiger partial charge in [-0.25, -0.2) is 15.0 Å². The molecule has 1 amide bonds. The molecule has 0 aliphatic heterocycles. The fourth-order valence-electron chi connectivity index (χ4n) is 2.71.